The van der Waals surface area contributed by atoms with E-state index in [0.717, 1.165) is 108 Å². The lowest BCUT2D eigenvalue weighted by atomic mass is 9.88. The van der Waals surface area contributed by atoms with Crippen LogP contribution in [-0.4, -0.2) is 130 Å². The summed E-state index contributed by atoms with van der Waals surface area (Å²) in [6.45, 7) is 12.1. The van der Waals surface area contributed by atoms with E-state index in [1.165, 1.54) is 38.2 Å². The molecule has 5 aliphatic rings. The summed E-state index contributed by atoms with van der Waals surface area (Å²) in [7, 11) is 1.61. The van der Waals surface area contributed by atoms with Crippen molar-refractivity contribution in [2.45, 2.75) is 103 Å². The first-order valence-corrected chi connectivity index (χ1v) is 24.1. The summed E-state index contributed by atoms with van der Waals surface area (Å²) < 4.78 is 23.1. The fourth-order valence-corrected chi connectivity index (χ4v) is 10.5. The van der Waals surface area contributed by atoms with Crippen LogP contribution in [0, 0.1) is 18.7 Å². The third kappa shape index (κ3) is 10.1. The monoisotopic (exact) mass is 906 g/mol. The van der Waals surface area contributed by atoms with Gasteiger partial charge in [0.25, 0.3) is 5.91 Å². The van der Waals surface area contributed by atoms with E-state index >= 15 is 4.39 Å². The van der Waals surface area contributed by atoms with Gasteiger partial charge in [-0.1, -0.05) is 26.2 Å². The molecule has 1 unspecified atom stereocenters. The number of amides is 3. The lowest BCUT2D eigenvalue weighted by molar-refractivity contribution is -0.133. The average molecular weight is 906 g/mol. The first-order chi connectivity index (χ1) is 32.1. The molecule has 18 heteroatoms. The molecule has 3 amide bonds. The molecule has 4 fully saturated rings. The summed E-state index contributed by atoms with van der Waals surface area (Å²) in [5, 5.41) is 21.1. The van der Waals surface area contributed by atoms with Crippen molar-refractivity contribution in [2.24, 2.45) is 5.92 Å². The quantitative estimate of drug-likeness (QED) is 0.106. The zero-order valence-corrected chi connectivity index (χ0v) is 38.5. The zero-order valence-electron chi connectivity index (χ0n) is 38.5. The molecule has 4 N–H and O–H groups in total. The number of methoxy groups -OCH3 is 1. The number of rotatable bonds is 15. The molecule has 17 nitrogen and oxygen atoms in total. The molecule has 3 saturated heterocycles. The maximum atomic E-state index is 15.2. The number of piperazine rings is 1. The predicted octanol–water partition coefficient (Wildman–Crippen LogP) is 5.73. The van der Waals surface area contributed by atoms with Crippen molar-refractivity contribution >= 4 is 46.5 Å². The molecule has 2 aromatic heterocycles. The first-order valence-electron chi connectivity index (χ1n) is 24.1. The number of benzene rings is 2. The van der Waals surface area contributed by atoms with Gasteiger partial charge in [-0.2, -0.15) is 4.98 Å². The standard InChI is InChI=1S/C48H64FN13O4/c1-4-39-45-57-56-31(2)62(45)41-29-50-48(55-44(41)61(39)30-32-9-6-5-7-10-32)53-37-13-11-33(27-42(37)66-3)46(64)52-34-17-21-58(22-18-34)19-8-20-59-23-25-60(26-24-59)40-15-12-35(28-36(40)49)51-38-14-16-43(63)54-47(38)65/h11-13,15,27-29,32,34,38-39,51H,4-10,14,16-26,30H2,1-3H3,(H,52,64)(H,50,53,55)(H,54,63,65)/t38?,39-/m1/s1. The van der Waals surface area contributed by atoms with E-state index in [1.54, 1.807) is 25.3 Å². The van der Waals surface area contributed by atoms with Gasteiger partial charge in [0.1, 0.15) is 29.1 Å². The number of anilines is 5. The van der Waals surface area contributed by atoms with Gasteiger partial charge in [-0.3, -0.25) is 29.2 Å². The highest BCUT2D eigenvalue weighted by molar-refractivity contribution is 6.01. The second-order valence-electron chi connectivity index (χ2n) is 18.5. The number of likely N-dealkylation sites (tertiary alicyclic amines) is 1. The van der Waals surface area contributed by atoms with E-state index < -0.39 is 6.04 Å². The average Bonchev–Trinajstić information content (AvgIpc) is 3.72. The van der Waals surface area contributed by atoms with Gasteiger partial charge in [0.15, 0.2) is 11.6 Å². The van der Waals surface area contributed by atoms with Gasteiger partial charge in [-0.05, 0) is 107 Å². The minimum atomic E-state index is -0.551. The molecule has 352 valence electrons. The number of fused-ring (bicyclic) bond motifs is 3. The summed E-state index contributed by atoms with van der Waals surface area (Å²) in [5.74, 6) is 3.12. The van der Waals surface area contributed by atoms with Gasteiger partial charge in [0, 0.05) is 69.5 Å². The highest BCUT2D eigenvalue weighted by Gasteiger charge is 2.36. The Hall–Kier alpha value is -5.88. The number of aromatic nitrogens is 5. The largest absolute Gasteiger partial charge is 0.495 e. The molecule has 1 aliphatic carbocycles. The van der Waals surface area contributed by atoms with Crippen molar-refractivity contribution in [2.75, 3.05) is 86.4 Å². The molecule has 1 saturated carbocycles. The van der Waals surface area contributed by atoms with Crippen molar-refractivity contribution in [3.05, 3.63) is 65.6 Å². The number of piperidine rings is 2. The number of carbonyl (C=O) groups is 3. The number of ether oxygens (including phenoxy) is 1. The number of hydrogen-bond acceptors (Lipinski definition) is 14. The van der Waals surface area contributed by atoms with Crippen molar-refractivity contribution in [3.63, 3.8) is 0 Å². The Labute approximate surface area is 386 Å². The molecule has 0 bridgehead atoms. The van der Waals surface area contributed by atoms with Gasteiger partial charge < -0.3 is 35.4 Å². The van der Waals surface area contributed by atoms with E-state index in [0.29, 0.717) is 46.7 Å². The maximum absolute atomic E-state index is 15.2. The second kappa shape index (κ2) is 20.3. The number of carbonyl (C=O) groups excluding carboxylic acids is 3. The van der Waals surface area contributed by atoms with Gasteiger partial charge in [-0.15, -0.1) is 10.2 Å². The Balaban J connectivity index is 0.728. The molecular formula is C48H64FN13O4. The van der Waals surface area contributed by atoms with E-state index in [4.69, 9.17) is 14.7 Å². The summed E-state index contributed by atoms with van der Waals surface area (Å²) in [5.41, 5.74) is 3.19. The maximum Gasteiger partial charge on any atom is 0.251 e. The number of halogens is 1. The van der Waals surface area contributed by atoms with Crippen LogP contribution >= 0.6 is 0 Å². The third-order valence-electron chi connectivity index (χ3n) is 14.2. The number of nitrogens with one attached hydrogen (secondary N) is 4. The summed E-state index contributed by atoms with van der Waals surface area (Å²) >= 11 is 0. The molecule has 0 spiro atoms. The molecule has 0 radical (unpaired) electrons. The fourth-order valence-electron chi connectivity index (χ4n) is 10.5. The van der Waals surface area contributed by atoms with Crippen LogP contribution in [0.3, 0.4) is 0 Å². The number of nitrogens with zero attached hydrogens (tertiary/aromatic N) is 9. The van der Waals surface area contributed by atoms with Gasteiger partial charge >= 0.3 is 0 Å². The van der Waals surface area contributed by atoms with Crippen LogP contribution in [0.15, 0.2) is 42.6 Å². The van der Waals surface area contributed by atoms with Crippen LogP contribution in [-0.2, 0) is 9.59 Å². The van der Waals surface area contributed by atoms with Crippen molar-refractivity contribution in [1.29, 1.82) is 0 Å². The van der Waals surface area contributed by atoms with E-state index in [-0.39, 0.29) is 42.0 Å². The number of imide groups is 1. The predicted molar refractivity (Wildman–Crippen MR) is 251 cm³/mol. The zero-order chi connectivity index (χ0) is 45.7. The molecule has 6 heterocycles. The van der Waals surface area contributed by atoms with Crippen LogP contribution in [0.1, 0.15) is 106 Å². The minimum absolute atomic E-state index is 0.0645. The second-order valence-corrected chi connectivity index (χ2v) is 18.5. The Kier molecular flexibility index (Phi) is 13.9. The third-order valence-corrected chi connectivity index (χ3v) is 14.2. The van der Waals surface area contributed by atoms with E-state index in [1.807, 2.05) is 25.3 Å². The SMILES string of the molecule is CC[C@@H]1c2nnc(C)n2-c2cnc(Nc3ccc(C(=O)NC4CCN(CCCN5CCN(c6ccc(NC7CCC(=O)NC7=O)cc6F)CC5)CC4)cc3OC)nc2N1CC1CCCCC1. The molecule has 4 aromatic rings. The highest BCUT2D eigenvalue weighted by Crippen LogP contribution is 2.41. The van der Waals surface area contributed by atoms with Crippen LogP contribution < -0.4 is 35.8 Å². The summed E-state index contributed by atoms with van der Waals surface area (Å²) in [6.07, 6.45) is 12.5. The molecule has 4 aliphatic heterocycles. The Morgan fingerprint density at radius 2 is 1.68 bits per heavy atom. The molecule has 9 rings (SSSR count). The van der Waals surface area contributed by atoms with Crippen molar-refractivity contribution in [3.8, 4) is 11.4 Å². The lowest BCUT2D eigenvalue weighted by Crippen LogP contribution is -2.48. The normalized spacial score (nSPS) is 21.0. The minimum Gasteiger partial charge on any atom is -0.495 e. The Bertz CT molecular complexity index is 2370. The number of hydrogen-bond donors (Lipinski definition) is 4. The van der Waals surface area contributed by atoms with E-state index in [2.05, 4.69) is 62.6 Å². The lowest BCUT2D eigenvalue weighted by Gasteiger charge is -2.39. The fraction of sp³-hybridized carbons (Fsp3) is 0.562. The molecular weight excluding hydrogens is 842 g/mol. The number of aryl methyl sites for hydroxylation is 1. The summed E-state index contributed by atoms with van der Waals surface area (Å²) in [4.78, 5) is 56.4. The van der Waals surface area contributed by atoms with E-state index in [9.17, 15) is 14.4 Å². The van der Waals surface area contributed by atoms with Gasteiger partial charge in [0.05, 0.1) is 30.7 Å². The Morgan fingerprint density at radius 1 is 0.909 bits per heavy atom. The van der Waals surface area contributed by atoms with Crippen LogP contribution in [0.4, 0.5) is 33.2 Å². The molecule has 2 atom stereocenters. The van der Waals surface area contributed by atoms with Gasteiger partial charge in [-0.25, -0.2) is 9.37 Å². The molecule has 2 aromatic carbocycles. The molecule has 66 heavy (non-hydrogen) atoms. The van der Waals surface area contributed by atoms with Crippen molar-refractivity contribution < 1.29 is 23.5 Å². The smallest absolute Gasteiger partial charge is 0.251 e. The topological polar surface area (TPSA) is 178 Å². The van der Waals surface area contributed by atoms with Crippen LogP contribution in [0.5, 0.6) is 5.75 Å². The first kappa shape index (κ1) is 45.3. The Morgan fingerprint density at radius 3 is 2.41 bits per heavy atom. The van der Waals surface area contributed by atoms with Crippen molar-refractivity contribution in [1.82, 2.24) is 45.2 Å². The highest BCUT2D eigenvalue weighted by atomic mass is 19.1. The van der Waals surface area contributed by atoms with Crippen LogP contribution in [0.25, 0.3) is 5.69 Å². The summed E-state index contributed by atoms with van der Waals surface area (Å²) in [6, 6.07) is 10.1. The van der Waals surface area contributed by atoms with Crippen LogP contribution in [0.2, 0.25) is 0 Å². The van der Waals surface area contributed by atoms with Gasteiger partial charge in [0.2, 0.25) is 17.8 Å².